The molecule has 0 fully saturated rings. The number of pyridine rings is 1. The van der Waals surface area contributed by atoms with Gasteiger partial charge in [-0.2, -0.15) is 13.9 Å². The van der Waals surface area contributed by atoms with E-state index in [9.17, 15) is 8.78 Å². The maximum atomic E-state index is 13.3. The predicted octanol–water partition coefficient (Wildman–Crippen LogP) is 4.94. The first-order valence-electron chi connectivity index (χ1n) is 7.83. The number of halogens is 2. The van der Waals surface area contributed by atoms with Crippen molar-refractivity contribution in [1.82, 2.24) is 14.8 Å². The summed E-state index contributed by atoms with van der Waals surface area (Å²) in [7, 11) is 0. The van der Waals surface area contributed by atoms with E-state index in [4.69, 9.17) is 0 Å². The van der Waals surface area contributed by atoms with Crippen molar-refractivity contribution in [3.63, 3.8) is 0 Å². The number of alkyl halides is 2. The van der Waals surface area contributed by atoms with Crippen LogP contribution in [-0.4, -0.2) is 14.8 Å². The normalized spacial score (nSPS) is 18.8. The molecule has 0 radical (unpaired) electrons. The van der Waals surface area contributed by atoms with Gasteiger partial charge < -0.3 is 5.32 Å². The Kier molecular flexibility index (Phi) is 4.41. The molecule has 1 aliphatic rings. The molecule has 3 heterocycles. The number of hydrogen-bond acceptors (Lipinski definition) is 3. The minimum atomic E-state index is -2.70. The van der Waals surface area contributed by atoms with Crippen LogP contribution in [0.15, 0.2) is 36.8 Å². The molecule has 0 amide bonds. The summed E-state index contributed by atoms with van der Waals surface area (Å²) in [4.78, 5) is 4.41. The molecule has 0 saturated heterocycles. The second-order valence-electron chi connectivity index (χ2n) is 5.97. The van der Waals surface area contributed by atoms with Gasteiger partial charge in [-0.3, -0.25) is 4.98 Å². The summed E-state index contributed by atoms with van der Waals surface area (Å²) in [5.74, 6) is 0.293. The van der Waals surface area contributed by atoms with Crippen LogP contribution in [0.3, 0.4) is 0 Å². The van der Waals surface area contributed by atoms with Crippen molar-refractivity contribution in [2.75, 3.05) is 5.32 Å². The zero-order chi connectivity index (χ0) is 16.4. The van der Waals surface area contributed by atoms with E-state index < -0.39 is 6.55 Å². The molecule has 2 bridgehead atoms. The molecule has 0 aromatic carbocycles. The van der Waals surface area contributed by atoms with Crippen molar-refractivity contribution in [3.05, 3.63) is 42.5 Å². The van der Waals surface area contributed by atoms with Gasteiger partial charge in [0.1, 0.15) is 0 Å². The zero-order valence-corrected chi connectivity index (χ0v) is 13.1. The van der Waals surface area contributed by atoms with Crippen molar-refractivity contribution in [2.24, 2.45) is 0 Å². The van der Waals surface area contributed by atoms with Crippen LogP contribution in [-0.2, 0) is 0 Å². The molecule has 4 nitrogen and oxygen atoms in total. The standard InChI is InChI=1S/C17H20F2N4/c1-11-5-3-4-6-12(2)22-15-10-21-23(17(18)19)16(15)13-7-8-20-14(11)9-13/h7-11,17,22H,2-6H2,1H3/t11-/m0/s1. The van der Waals surface area contributed by atoms with Crippen molar-refractivity contribution >= 4 is 5.69 Å². The van der Waals surface area contributed by atoms with Crippen molar-refractivity contribution in [1.29, 1.82) is 0 Å². The SMILES string of the molecule is C=C1CCCC[C@H](C)c2cc(ccn2)-c2c(cnn2C(F)F)N1. The monoisotopic (exact) mass is 318 g/mol. The van der Waals surface area contributed by atoms with E-state index in [2.05, 4.69) is 28.9 Å². The fourth-order valence-electron chi connectivity index (χ4n) is 2.94. The molecule has 3 rings (SSSR count). The molecule has 0 aliphatic carbocycles. The van der Waals surface area contributed by atoms with Crippen molar-refractivity contribution in [3.8, 4) is 11.3 Å². The average Bonchev–Trinajstić information content (AvgIpc) is 2.94. The molecule has 0 saturated carbocycles. The summed E-state index contributed by atoms with van der Waals surface area (Å²) in [6, 6.07) is 3.63. The van der Waals surface area contributed by atoms with Crippen LogP contribution >= 0.6 is 0 Å². The molecule has 1 atom stereocenters. The Morgan fingerprint density at radius 3 is 3.00 bits per heavy atom. The fraction of sp³-hybridized carbons (Fsp3) is 0.412. The molecule has 2 aromatic heterocycles. The lowest BCUT2D eigenvalue weighted by atomic mass is 9.96. The lowest BCUT2D eigenvalue weighted by molar-refractivity contribution is 0.0585. The summed E-state index contributed by atoms with van der Waals surface area (Å²) < 4.78 is 27.4. The minimum absolute atomic E-state index is 0.293. The zero-order valence-electron chi connectivity index (χ0n) is 13.1. The Bertz CT molecular complexity index is 708. The van der Waals surface area contributed by atoms with Crippen LogP contribution in [0.2, 0.25) is 0 Å². The van der Waals surface area contributed by atoms with E-state index in [-0.39, 0.29) is 0 Å². The van der Waals surface area contributed by atoms with E-state index in [1.165, 1.54) is 6.20 Å². The van der Waals surface area contributed by atoms with Crippen LogP contribution in [0.25, 0.3) is 11.3 Å². The van der Waals surface area contributed by atoms with Crippen LogP contribution in [0.5, 0.6) is 0 Å². The van der Waals surface area contributed by atoms with Crippen molar-refractivity contribution < 1.29 is 8.78 Å². The molecule has 0 unspecified atom stereocenters. The molecule has 122 valence electrons. The van der Waals surface area contributed by atoms with Gasteiger partial charge in [-0.15, -0.1) is 0 Å². The van der Waals surface area contributed by atoms with Crippen LogP contribution in [0.4, 0.5) is 14.5 Å². The number of rotatable bonds is 1. The van der Waals surface area contributed by atoms with Gasteiger partial charge in [-0.05, 0) is 37.3 Å². The summed E-state index contributed by atoms with van der Waals surface area (Å²) in [5.41, 5.74) is 3.37. The van der Waals surface area contributed by atoms with Gasteiger partial charge in [0.15, 0.2) is 0 Å². The molecule has 1 N–H and O–H groups in total. The second kappa shape index (κ2) is 6.48. The maximum absolute atomic E-state index is 13.3. The third kappa shape index (κ3) is 3.25. The van der Waals surface area contributed by atoms with Crippen LogP contribution in [0.1, 0.15) is 50.8 Å². The first kappa shape index (κ1) is 15.6. The Hall–Kier alpha value is -2.24. The van der Waals surface area contributed by atoms with Gasteiger partial charge in [0.05, 0.1) is 17.6 Å². The van der Waals surface area contributed by atoms with Gasteiger partial charge in [-0.25, -0.2) is 4.68 Å². The number of aromatic nitrogens is 3. The van der Waals surface area contributed by atoms with Gasteiger partial charge in [-0.1, -0.05) is 19.9 Å². The summed E-state index contributed by atoms with van der Waals surface area (Å²) in [6.07, 6.45) is 7.03. The second-order valence-corrected chi connectivity index (χ2v) is 5.97. The predicted molar refractivity (Wildman–Crippen MR) is 86.4 cm³/mol. The number of fused-ring (bicyclic) bond motifs is 4. The Balaban J connectivity index is 2.14. The quantitative estimate of drug-likeness (QED) is 0.809. The van der Waals surface area contributed by atoms with E-state index in [1.54, 1.807) is 12.3 Å². The number of anilines is 1. The summed E-state index contributed by atoms with van der Waals surface area (Å²) >= 11 is 0. The Morgan fingerprint density at radius 2 is 2.22 bits per heavy atom. The third-order valence-electron chi connectivity index (χ3n) is 4.22. The highest BCUT2D eigenvalue weighted by Gasteiger charge is 2.21. The number of hydrogen-bond donors (Lipinski definition) is 1. The van der Waals surface area contributed by atoms with Crippen LogP contribution < -0.4 is 5.32 Å². The molecule has 1 aliphatic heterocycles. The van der Waals surface area contributed by atoms with E-state index in [0.29, 0.717) is 22.9 Å². The van der Waals surface area contributed by atoms with E-state index in [1.807, 2.05) is 6.07 Å². The van der Waals surface area contributed by atoms with E-state index in [0.717, 1.165) is 41.8 Å². The highest BCUT2D eigenvalue weighted by atomic mass is 19.3. The number of allylic oxidation sites excluding steroid dienone is 1. The molecular weight excluding hydrogens is 298 g/mol. The minimum Gasteiger partial charge on any atom is -0.356 e. The first-order chi connectivity index (χ1) is 11.1. The summed E-state index contributed by atoms with van der Waals surface area (Å²) in [5, 5.41) is 6.98. The molecule has 23 heavy (non-hydrogen) atoms. The van der Waals surface area contributed by atoms with Crippen LogP contribution in [0, 0.1) is 0 Å². The summed E-state index contributed by atoms with van der Waals surface area (Å²) in [6.45, 7) is 3.42. The van der Waals surface area contributed by atoms with Gasteiger partial charge in [0.25, 0.3) is 0 Å². The highest BCUT2D eigenvalue weighted by Crippen LogP contribution is 2.34. The smallest absolute Gasteiger partial charge is 0.333 e. The number of nitrogens with zero attached hydrogens (tertiary/aromatic N) is 3. The topological polar surface area (TPSA) is 42.7 Å². The Morgan fingerprint density at radius 1 is 1.39 bits per heavy atom. The largest absolute Gasteiger partial charge is 0.356 e. The maximum Gasteiger partial charge on any atom is 0.333 e. The molecule has 6 heteroatoms. The van der Waals surface area contributed by atoms with E-state index >= 15 is 0 Å². The Labute approximate surface area is 134 Å². The van der Waals surface area contributed by atoms with Gasteiger partial charge in [0.2, 0.25) is 0 Å². The average molecular weight is 318 g/mol. The lowest BCUT2D eigenvalue weighted by Crippen LogP contribution is -2.06. The lowest BCUT2D eigenvalue weighted by Gasteiger charge is -2.17. The van der Waals surface area contributed by atoms with Gasteiger partial charge >= 0.3 is 6.55 Å². The molecule has 0 spiro atoms. The fourth-order valence-corrected chi connectivity index (χ4v) is 2.94. The van der Waals surface area contributed by atoms with Crippen molar-refractivity contribution in [2.45, 2.75) is 45.1 Å². The number of nitrogens with one attached hydrogen (secondary N) is 1. The third-order valence-corrected chi connectivity index (χ3v) is 4.22. The van der Waals surface area contributed by atoms with Gasteiger partial charge in [0, 0.05) is 23.2 Å². The first-order valence-corrected chi connectivity index (χ1v) is 7.83. The molecular formula is C17H20F2N4. The molecule has 2 aromatic rings. The highest BCUT2D eigenvalue weighted by molar-refractivity contribution is 5.75.